The average Bonchev–Trinajstić information content (AvgIpc) is 3.13. The topological polar surface area (TPSA) is 38.3 Å². The van der Waals surface area contributed by atoms with Crippen LogP contribution >= 0.6 is 11.8 Å². The van der Waals surface area contributed by atoms with E-state index in [4.69, 9.17) is 4.74 Å². The molecule has 1 atom stereocenters. The Balaban J connectivity index is 2.73. The molecule has 0 aromatic carbocycles. The summed E-state index contributed by atoms with van der Waals surface area (Å²) in [6.45, 7) is 7.33. The van der Waals surface area contributed by atoms with Crippen molar-refractivity contribution in [2.75, 3.05) is 19.4 Å². The van der Waals surface area contributed by atoms with Crippen LogP contribution in [-0.4, -0.2) is 36.2 Å². The van der Waals surface area contributed by atoms with Crippen molar-refractivity contribution in [3.05, 3.63) is 0 Å². The molecule has 0 spiro atoms. The molecular formula is C13H25NO2S. The minimum atomic E-state index is -0.445. The smallest absolute Gasteiger partial charge is 0.327 e. The van der Waals surface area contributed by atoms with Gasteiger partial charge >= 0.3 is 5.97 Å². The summed E-state index contributed by atoms with van der Waals surface area (Å²) in [7, 11) is 1.49. The number of carbonyl (C=O) groups is 1. The Morgan fingerprint density at radius 3 is 2.59 bits per heavy atom. The first kappa shape index (κ1) is 14.8. The van der Waals surface area contributed by atoms with Gasteiger partial charge in [0.15, 0.2) is 0 Å². The number of ether oxygens (including phenoxy) is 1. The minimum Gasteiger partial charge on any atom is -0.468 e. The largest absolute Gasteiger partial charge is 0.468 e. The summed E-state index contributed by atoms with van der Waals surface area (Å²) >= 11 is 1.84. The van der Waals surface area contributed by atoms with Crippen LogP contribution < -0.4 is 5.32 Å². The predicted octanol–water partition coefficient (Wildman–Crippen LogP) is 2.45. The number of carbonyl (C=O) groups excluding carboxylic acids is 1. The van der Waals surface area contributed by atoms with Crippen molar-refractivity contribution >= 4 is 17.7 Å². The Bertz CT molecular complexity index is 254. The van der Waals surface area contributed by atoms with Gasteiger partial charge in [-0.3, -0.25) is 4.79 Å². The van der Waals surface area contributed by atoms with Gasteiger partial charge in [0.25, 0.3) is 0 Å². The van der Waals surface area contributed by atoms with Gasteiger partial charge in [0.05, 0.1) is 7.11 Å². The Morgan fingerprint density at radius 1 is 1.53 bits per heavy atom. The molecule has 1 N–H and O–H groups in total. The lowest BCUT2D eigenvalue weighted by Gasteiger charge is -2.32. The van der Waals surface area contributed by atoms with Gasteiger partial charge in [-0.05, 0) is 37.0 Å². The lowest BCUT2D eigenvalue weighted by molar-refractivity contribution is -0.148. The van der Waals surface area contributed by atoms with Crippen LogP contribution in [0.2, 0.25) is 0 Å². The van der Waals surface area contributed by atoms with Crippen molar-refractivity contribution < 1.29 is 9.53 Å². The Kier molecular flexibility index (Phi) is 5.80. The van der Waals surface area contributed by atoms with Crippen LogP contribution in [-0.2, 0) is 9.53 Å². The molecule has 3 nitrogen and oxygen atoms in total. The molecule has 0 aromatic heterocycles. The number of esters is 1. The highest BCUT2D eigenvalue weighted by atomic mass is 32.2. The Morgan fingerprint density at radius 2 is 2.18 bits per heavy atom. The molecule has 1 aliphatic carbocycles. The van der Waals surface area contributed by atoms with Gasteiger partial charge in [0, 0.05) is 5.75 Å². The molecular weight excluding hydrogens is 234 g/mol. The molecule has 1 unspecified atom stereocenters. The number of nitrogens with one attached hydrogen (secondary N) is 1. The fraction of sp³-hybridized carbons (Fsp3) is 0.923. The van der Waals surface area contributed by atoms with Crippen molar-refractivity contribution in [2.24, 2.45) is 5.92 Å². The molecule has 1 fully saturated rings. The van der Waals surface area contributed by atoms with Gasteiger partial charge in [-0.1, -0.05) is 20.8 Å². The van der Waals surface area contributed by atoms with Gasteiger partial charge < -0.3 is 10.1 Å². The quantitative estimate of drug-likeness (QED) is 0.680. The minimum absolute atomic E-state index is 0.0819. The average molecular weight is 259 g/mol. The summed E-state index contributed by atoms with van der Waals surface area (Å²) in [4.78, 5) is 12.1. The predicted molar refractivity (Wildman–Crippen MR) is 73.4 cm³/mol. The second-order valence-electron chi connectivity index (χ2n) is 5.02. The molecule has 1 aliphatic rings. The molecule has 0 saturated heterocycles. The molecule has 17 heavy (non-hydrogen) atoms. The van der Waals surface area contributed by atoms with Gasteiger partial charge in [-0.15, -0.1) is 0 Å². The normalized spacial score (nSPS) is 19.1. The van der Waals surface area contributed by atoms with Gasteiger partial charge in [0.2, 0.25) is 0 Å². The second kappa shape index (κ2) is 6.64. The third kappa shape index (κ3) is 3.88. The zero-order valence-corrected chi connectivity index (χ0v) is 12.2. The maximum absolute atomic E-state index is 12.1. The Hall–Kier alpha value is -0.220. The SMILES string of the molecule is CCCNC(CSC(C)C)(C(=O)OC)C1CC1. The van der Waals surface area contributed by atoms with E-state index in [9.17, 15) is 4.79 Å². The zero-order valence-electron chi connectivity index (χ0n) is 11.4. The number of methoxy groups -OCH3 is 1. The van der Waals surface area contributed by atoms with E-state index >= 15 is 0 Å². The second-order valence-corrected chi connectivity index (χ2v) is 6.59. The monoisotopic (exact) mass is 259 g/mol. The summed E-state index contributed by atoms with van der Waals surface area (Å²) in [6, 6.07) is 0. The standard InChI is InChI=1S/C13H25NO2S/c1-5-8-14-13(11-6-7-11,12(15)16-4)9-17-10(2)3/h10-11,14H,5-9H2,1-4H3. The van der Waals surface area contributed by atoms with E-state index in [0.29, 0.717) is 11.2 Å². The first-order chi connectivity index (χ1) is 8.06. The first-order valence-electron chi connectivity index (χ1n) is 6.51. The summed E-state index contributed by atoms with van der Waals surface area (Å²) in [6.07, 6.45) is 3.33. The van der Waals surface area contributed by atoms with Crippen molar-refractivity contribution in [3.63, 3.8) is 0 Å². The lowest BCUT2D eigenvalue weighted by Crippen LogP contribution is -2.57. The molecule has 0 bridgehead atoms. The van der Waals surface area contributed by atoms with Crippen LogP contribution in [0.15, 0.2) is 0 Å². The molecule has 0 amide bonds. The first-order valence-corrected chi connectivity index (χ1v) is 7.56. The lowest BCUT2D eigenvalue weighted by atomic mass is 9.95. The van der Waals surface area contributed by atoms with Gasteiger partial charge in [-0.25, -0.2) is 0 Å². The van der Waals surface area contributed by atoms with E-state index in [0.717, 1.165) is 31.6 Å². The van der Waals surface area contributed by atoms with E-state index in [1.807, 2.05) is 11.8 Å². The third-order valence-corrected chi connectivity index (χ3v) is 4.45. The van der Waals surface area contributed by atoms with Crippen LogP contribution in [0.4, 0.5) is 0 Å². The third-order valence-electron chi connectivity index (χ3n) is 3.16. The highest BCUT2D eigenvalue weighted by molar-refractivity contribution is 7.99. The molecule has 0 aliphatic heterocycles. The van der Waals surface area contributed by atoms with Gasteiger partial charge in [0.1, 0.15) is 5.54 Å². The van der Waals surface area contributed by atoms with Crippen molar-refractivity contribution in [1.82, 2.24) is 5.32 Å². The van der Waals surface area contributed by atoms with Crippen LogP contribution in [0.25, 0.3) is 0 Å². The summed E-state index contributed by atoms with van der Waals surface area (Å²) in [5.41, 5.74) is -0.445. The Labute approximate surface area is 109 Å². The maximum Gasteiger partial charge on any atom is 0.327 e. The number of hydrogen-bond acceptors (Lipinski definition) is 4. The maximum atomic E-state index is 12.1. The van der Waals surface area contributed by atoms with Crippen molar-refractivity contribution in [1.29, 1.82) is 0 Å². The molecule has 1 rings (SSSR count). The number of rotatable bonds is 8. The molecule has 1 saturated carbocycles. The molecule has 100 valence electrons. The fourth-order valence-corrected chi connectivity index (χ4v) is 3.07. The molecule has 4 heteroatoms. The van der Waals surface area contributed by atoms with Crippen LogP contribution in [0.3, 0.4) is 0 Å². The van der Waals surface area contributed by atoms with Crippen molar-refractivity contribution in [3.8, 4) is 0 Å². The zero-order chi connectivity index (χ0) is 12.9. The van der Waals surface area contributed by atoms with E-state index in [-0.39, 0.29) is 5.97 Å². The summed E-state index contributed by atoms with van der Waals surface area (Å²) in [5, 5.41) is 4.00. The highest BCUT2D eigenvalue weighted by Gasteiger charge is 2.51. The van der Waals surface area contributed by atoms with E-state index in [2.05, 4.69) is 26.1 Å². The van der Waals surface area contributed by atoms with Crippen molar-refractivity contribution in [2.45, 2.75) is 50.8 Å². The molecule has 0 aromatic rings. The van der Waals surface area contributed by atoms with E-state index < -0.39 is 5.54 Å². The van der Waals surface area contributed by atoms with Crippen LogP contribution in [0.1, 0.15) is 40.0 Å². The van der Waals surface area contributed by atoms with Crippen LogP contribution in [0.5, 0.6) is 0 Å². The van der Waals surface area contributed by atoms with Gasteiger partial charge in [-0.2, -0.15) is 11.8 Å². The number of thioether (sulfide) groups is 1. The molecule has 0 heterocycles. The van der Waals surface area contributed by atoms with E-state index in [1.54, 1.807) is 0 Å². The summed E-state index contributed by atoms with van der Waals surface area (Å²) < 4.78 is 5.03. The van der Waals surface area contributed by atoms with E-state index in [1.165, 1.54) is 7.11 Å². The summed E-state index contributed by atoms with van der Waals surface area (Å²) in [5.74, 6) is 1.21. The fourth-order valence-electron chi connectivity index (χ4n) is 2.02. The number of hydrogen-bond donors (Lipinski definition) is 1. The van der Waals surface area contributed by atoms with Crippen LogP contribution in [0, 0.1) is 5.92 Å². The highest BCUT2D eigenvalue weighted by Crippen LogP contribution is 2.42. The molecule has 0 radical (unpaired) electrons.